The average Bonchev–Trinajstić information content (AvgIpc) is 3.19. The molecule has 2 heterocycles. The van der Waals surface area contributed by atoms with E-state index in [1.807, 2.05) is 12.1 Å². The Morgan fingerprint density at radius 2 is 2.07 bits per heavy atom. The Hall–Kier alpha value is -1.82. The molecule has 0 saturated heterocycles. The van der Waals surface area contributed by atoms with Crippen LogP contribution in [0.1, 0.15) is 22.4 Å². The van der Waals surface area contributed by atoms with E-state index in [9.17, 15) is 18.7 Å². The molecule has 0 aliphatic carbocycles. The van der Waals surface area contributed by atoms with Crippen molar-refractivity contribution in [3.8, 4) is 16.3 Å². The Balaban J connectivity index is 1.76. The zero-order chi connectivity index (χ0) is 19.7. The number of primary amides is 1. The zero-order valence-electron chi connectivity index (χ0n) is 13.2. The van der Waals surface area contributed by atoms with Gasteiger partial charge in [-0.1, -0.05) is 0 Å². The summed E-state index contributed by atoms with van der Waals surface area (Å²) in [6, 6.07) is 5.50. The summed E-state index contributed by atoms with van der Waals surface area (Å²) in [5.74, 6) is -4.10. The first-order chi connectivity index (χ1) is 12.8. The van der Waals surface area contributed by atoms with Crippen molar-refractivity contribution in [2.45, 2.75) is 6.10 Å². The fraction of sp³-hybridized carbons (Fsp3) is 0.125. The maximum Gasteiger partial charge on any atom is 0.254 e. The van der Waals surface area contributed by atoms with Gasteiger partial charge in [-0.3, -0.25) is 4.79 Å². The van der Waals surface area contributed by atoms with E-state index in [0.29, 0.717) is 10.4 Å². The molecule has 142 valence electrons. The minimum atomic E-state index is -1.33. The monoisotopic (exact) mass is 522 g/mol. The second-order valence-electron chi connectivity index (χ2n) is 5.20. The van der Waals surface area contributed by atoms with E-state index in [1.165, 1.54) is 11.3 Å². The number of aliphatic hydroxyl groups excluding tert-OH is 1. The first-order valence-electron chi connectivity index (χ1n) is 7.28. The van der Waals surface area contributed by atoms with Gasteiger partial charge in [0.1, 0.15) is 23.7 Å². The minimum absolute atomic E-state index is 0.0564. The molecule has 27 heavy (non-hydrogen) atoms. The van der Waals surface area contributed by atoms with Crippen molar-refractivity contribution in [3.63, 3.8) is 0 Å². The predicted octanol–water partition coefficient (Wildman–Crippen LogP) is 4.42. The second-order valence-corrected chi connectivity index (χ2v) is 8.39. The molecule has 3 rings (SSSR count). The number of hydrogen-bond acceptors (Lipinski definition) is 6. The molecule has 2 aromatic heterocycles. The maximum absolute atomic E-state index is 14.1. The molecule has 3 aromatic rings. The fourth-order valence-corrected chi connectivity index (χ4v) is 4.14. The van der Waals surface area contributed by atoms with Crippen LogP contribution in [-0.2, 0) is 0 Å². The summed E-state index contributed by atoms with van der Waals surface area (Å²) in [6.45, 7) is -0.443. The van der Waals surface area contributed by atoms with E-state index >= 15 is 0 Å². The summed E-state index contributed by atoms with van der Waals surface area (Å²) in [7, 11) is 0. The highest BCUT2D eigenvalue weighted by Gasteiger charge is 2.23. The van der Waals surface area contributed by atoms with Crippen LogP contribution in [0.25, 0.3) is 10.6 Å². The summed E-state index contributed by atoms with van der Waals surface area (Å²) in [5.41, 5.74) is 4.53. The highest BCUT2D eigenvalue weighted by Crippen LogP contribution is 2.36. The number of carbonyl (C=O) groups excluding carboxylic acids is 1. The predicted molar refractivity (Wildman–Crippen MR) is 101 cm³/mol. The van der Waals surface area contributed by atoms with Crippen LogP contribution in [0.5, 0.6) is 5.75 Å². The topological polar surface area (TPSA) is 98.6 Å². The number of nitrogens with zero attached hydrogens (tertiary/aromatic N) is 1. The van der Waals surface area contributed by atoms with Crippen LogP contribution in [0.15, 0.2) is 37.1 Å². The van der Waals surface area contributed by atoms with Crippen molar-refractivity contribution in [1.29, 1.82) is 0 Å². The number of nitrogens with two attached hydrogens (primary N) is 1. The summed E-state index contributed by atoms with van der Waals surface area (Å²) in [6.07, 6.45) is -1.33. The molecule has 11 heteroatoms. The van der Waals surface area contributed by atoms with Gasteiger partial charge in [-0.05, 0) is 56.1 Å². The van der Waals surface area contributed by atoms with Gasteiger partial charge in [0.2, 0.25) is 5.89 Å². The smallest absolute Gasteiger partial charge is 0.254 e. The highest BCUT2D eigenvalue weighted by molar-refractivity contribution is 9.11. The maximum atomic E-state index is 14.1. The molecule has 0 fully saturated rings. The Morgan fingerprint density at radius 1 is 1.33 bits per heavy atom. The van der Waals surface area contributed by atoms with Crippen molar-refractivity contribution in [1.82, 2.24) is 4.98 Å². The number of benzene rings is 1. The van der Waals surface area contributed by atoms with Crippen LogP contribution in [0.3, 0.4) is 0 Å². The molecule has 1 amide bonds. The van der Waals surface area contributed by atoms with Crippen LogP contribution < -0.4 is 10.5 Å². The van der Waals surface area contributed by atoms with Gasteiger partial charge in [-0.25, -0.2) is 13.8 Å². The first kappa shape index (κ1) is 19.9. The zero-order valence-corrected chi connectivity index (χ0v) is 17.2. The molecule has 0 aliphatic heterocycles. The molecule has 0 saturated carbocycles. The van der Waals surface area contributed by atoms with E-state index in [1.54, 1.807) is 0 Å². The Morgan fingerprint density at radius 3 is 2.70 bits per heavy atom. The lowest BCUT2D eigenvalue weighted by Gasteiger charge is -2.11. The number of amides is 1. The van der Waals surface area contributed by atoms with Gasteiger partial charge in [-0.2, -0.15) is 0 Å². The average molecular weight is 524 g/mol. The quantitative estimate of drug-likeness (QED) is 0.498. The number of ether oxygens (including phenoxy) is 1. The third kappa shape index (κ3) is 4.21. The lowest BCUT2D eigenvalue weighted by atomic mass is 10.1. The lowest BCUT2D eigenvalue weighted by molar-refractivity contribution is 0.0811. The van der Waals surface area contributed by atoms with Crippen molar-refractivity contribution >= 4 is 49.1 Å². The van der Waals surface area contributed by atoms with Crippen LogP contribution >= 0.6 is 43.2 Å². The van der Waals surface area contributed by atoms with E-state index in [0.717, 1.165) is 20.8 Å². The van der Waals surface area contributed by atoms with Crippen LogP contribution in [-0.4, -0.2) is 22.6 Å². The van der Waals surface area contributed by atoms with Gasteiger partial charge in [-0.15, -0.1) is 11.3 Å². The van der Waals surface area contributed by atoms with Gasteiger partial charge in [0.05, 0.1) is 8.66 Å². The van der Waals surface area contributed by atoms with Gasteiger partial charge in [0.25, 0.3) is 5.91 Å². The highest BCUT2D eigenvalue weighted by atomic mass is 79.9. The van der Waals surface area contributed by atoms with Crippen molar-refractivity contribution in [2.75, 3.05) is 6.61 Å². The van der Waals surface area contributed by atoms with Crippen molar-refractivity contribution in [2.24, 2.45) is 5.73 Å². The van der Waals surface area contributed by atoms with Crippen molar-refractivity contribution in [3.05, 3.63) is 55.8 Å². The lowest BCUT2D eigenvalue weighted by Crippen LogP contribution is -2.17. The number of thiophene rings is 1. The van der Waals surface area contributed by atoms with Crippen LogP contribution in [0.2, 0.25) is 0 Å². The number of hydrogen-bond donors (Lipinski definition) is 2. The molecule has 3 N–H and O–H groups in total. The molecule has 1 aromatic carbocycles. The SMILES string of the molecule is NC(=O)c1c(F)ccc(OCC(O)c2nc(-c3ccc(Br)s3)c(Br)o2)c1F. The molecular weight excluding hydrogens is 514 g/mol. The first-order valence-corrected chi connectivity index (χ1v) is 9.68. The Labute approximate surface area is 172 Å². The van der Waals surface area contributed by atoms with Gasteiger partial charge in [0.15, 0.2) is 22.3 Å². The Kier molecular flexibility index (Phi) is 5.94. The fourth-order valence-electron chi connectivity index (χ4n) is 2.16. The largest absolute Gasteiger partial charge is 0.487 e. The molecule has 0 bridgehead atoms. The van der Waals surface area contributed by atoms with Gasteiger partial charge >= 0.3 is 0 Å². The number of aromatic nitrogens is 1. The molecule has 6 nitrogen and oxygen atoms in total. The number of halogens is 4. The molecular formula is C16H10Br2F2N2O4S. The van der Waals surface area contributed by atoms with E-state index in [-0.39, 0.29) is 5.89 Å². The van der Waals surface area contributed by atoms with E-state index < -0.39 is 41.6 Å². The second kappa shape index (κ2) is 8.05. The number of oxazole rings is 1. The van der Waals surface area contributed by atoms with Crippen LogP contribution in [0, 0.1) is 11.6 Å². The van der Waals surface area contributed by atoms with E-state index in [4.69, 9.17) is 14.9 Å². The molecule has 1 atom stereocenters. The Bertz CT molecular complexity index is 1010. The summed E-state index contributed by atoms with van der Waals surface area (Å²) in [4.78, 5) is 16.1. The summed E-state index contributed by atoms with van der Waals surface area (Å²) >= 11 is 8.00. The molecule has 1 unspecified atom stereocenters. The number of aliphatic hydroxyl groups is 1. The van der Waals surface area contributed by atoms with Gasteiger partial charge in [0, 0.05) is 0 Å². The van der Waals surface area contributed by atoms with Crippen molar-refractivity contribution < 1.29 is 27.8 Å². The third-order valence-electron chi connectivity index (χ3n) is 3.39. The molecule has 0 radical (unpaired) electrons. The normalized spacial score (nSPS) is 12.2. The van der Waals surface area contributed by atoms with Crippen LogP contribution in [0.4, 0.5) is 8.78 Å². The standard InChI is InChI=1S/C16H10Br2F2N2O4S/c17-10-4-3-9(27-10)13-14(18)26-16(22-13)7(23)5-25-8-2-1-6(19)11(12(8)20)15(21)24/h1-4,7,23H,5H2,(H2,21,24). The molecule has 0 spiro atoms. The summed E-state index contributed by atoms with van der Waals surface area (Å²) < 4.78 is 39.3. The minimum Gasteiger partial charge on any atom is -0.487 e. The van der Waals surface area contributed by atoms with Gasteiger partial charge < -0.3 is 20.0 Å². The summed E-state index contributed by atoms with van der Waals surface area (Å²) in [5, 5.41) is 10.2. The van der Waals surface area contributed by atoms with E-state index in [2.05, 4.69) is 36.8 Å². The molecule has 0 aliphatic rings. The third-order valence-corrected chi connectivity index (χ3v) is 5.56. The number of carbonyl (C=O) groups is 1. The number of rotatable bonds is 6.